The number of hydrogen-bond acceptors (Lipinski definition) is 2. The van der Waals surface area contributed by atoms with Gasteiger partial charge in [-0.25, -0.2) is 0 Å². The predicted molar refractivity (Wildman–Crippen MR) is 73.7 cm³/mol. The van der Waals surface area contributed by atoms with E-state index in [0.29, 0.717) is 0 Å². The molecule has 1 heterocycles. The van der Waals surface area contributed by atoms with E-state index >= 15 is 0 Å². The second kappa shape index (κ2) is 12.7. The summed E-state index contributed by atoms with van der Waals surface area (Å²) >= 11 is 0. The van der Waals surface area contributed by atoms with Crippen molar-refractivity contribution in [3.05, 3.63) is 37.0 Å². The molecule has 1 aliphatic rings. The van der Waals surface area contributed by atoms with Gasteiger partial charge in [-0.15, -0.1) is 0 Å². The Balaban J connectivity index is 0. The Morgan fingerprint density at radius 3 is 2.35 bits per heavy atom. The first-order valence-corrected chi connectivity index (χ1v) is 5.93. The first kappa shape index (κ1) is 18.0. The molecule has 0 aliphatic carbocycles. The van der Waals surface area contributed by atoms with Gasteiger partial charge < -0.3 is 10.0 Å². The molecule has 0 aromatic carbocycles. The van der Waals surface area contributed by atoms with Crippen LogP contribution in [0, 0.1) is 5.92 Å². The van der Waals surface area contributed by atoms with Crippen LogP contribution in [-0.4, -0.2) is 36.1 Å². The number of carbonyl (C=O) groups is 1. The van der Waals surface area contributed by atoms with E-state index in [9.17, 15) is 4.79 Å². The van der Waals surface area contributed by atoms with E-state index in [1.807, 2.05) is 50.0 Å². The van der Waals surface area contributed by atoms with Gasteiger partial charge in [0.05, 0.1) is 5.92 Å². The number of likely N-dealkylation sites (tertiary alicyclic amines) is 1. The number of nitrogens with zero attached hydrogens (tertiary/aromatic N) is 1. The second-order valence-electron chi connectivity index (χ2n) is 3.19. The maximum atomic E-state index is 11.1. The van der Waals surface area contributed by atoms with Crippen LogP contribution in [0.5, 0.6) is 0 Å². The molecule has 1 atom stereocenters. The third-order valence-electron chi connectivity index (χ3n) is 2.05. The van der Waals surface area contributed by atoms with Gasteiger partial charge in [0.1, 0.15) is 0 Å². The molecular weight excluding hydrogens is 214 g/mol. The third-order valence-corrected chi connectivity index (χ3v) is 2.05. The Bertz CT molecular complexity index is 257. The van der Waals surface area contributed by atoms with Gasteiger partial charge in [-0.1, -0.05) is 57.7 Å². The van der Waals surface area contributed by atoms with E-state index < -0.39 is 0 Å². The number of amides is 1. The van der Waals surface area contributed by atoms with Crippen molar-refractivity contribution < 1.29 is 9.90 Å². The fourth-order valence-corrected chi connectivity index (χ4v) is 1.27. The molecule has 0 radical (unpaired) electrons. The quantitative estimate of drug-likeness (QED) is 0.604. The minimum atomic E-state index is 0.233. The van der Waals surface area contributed by atoms with Gasteiger partial charge in [-0.2, -0.15) is 0 Å². The Morgan fingerprint density at radius 2 is 1.94 bits per heavy atom. The van der Waals surface area contributed by atoms with Crippen molar-refractivity contribution in [3.8, 4) is 0 Å². The molecule has 0 bridgehead atoms. The summed E-state index contributed by atoms with van der Waals surface area (Å²) in [5.74, 6) is 0.495. The molecule has 1 aliphatic heterocycles. The van der Waals surface area contributed by atoms with E-state index in [4.69, 9.17) is 5.11 Å². The van der Waals surface area contributed by atoms with Crippen molar-refractivity contribution in [2.24, 2.45) is 5.92 Å². The summed E-state index contributed by atoms with van der Waals surface area (Å²) in [5, 5.41) is 7.00. The summed E-state index contributed by atoms with van der Waals surface area (Å²) in [6, 6.07) is 0. The molecule has 0 unspecified atom stereocenters. The Morgan fingerprint density at radius 1 is 1.35 bits per heavy atom. The zero-order chi connectivity index (χ0) is 13.7. The van der Waals surface area contributed by atoms with Gasteiger partial charge in [0.25, 0.3) is 0 Å². The molecule has 3 heteroatoms. The van der Waals surface area contributed by atoms with E-state index in [1.165, 1.54) is 0 Å². The highest BCUT2D eigenvalue weighted by Crippen LogP contribution is 2.15. The largest absolute Gasteiger partial charge is 0.400 e. The molecule has 1 amide bonds. The summed E-state index contributed by atoms with van der Waals surface area (Å²) < 4.78 is 0. The standard InChI is InChI=1S/C11H15NO.C2H6.CH4O/c1-3-4-5-6-7-8-12-9-10(2)11(12)13;2*1-2/h3-7,10H,1,8-9H2,2H3;1-2H3;2H,1H3/b5-4-,7-6-;;/t10-;;/m0../s1. The average molecular weight is 239 g/mol. The first-order valence-electron chi connectivity index (χ1n) is 5.93. The maximum absolute atomic E-state index is 11.1. The molecule has 1 rings (SSSR count). The van der Waals surface area contributed by atoms with Gasteiger partial charge in [-0.05, 0) is 0 Å². The second-order valence-corrected chi connectivity index (χ2v) is 3.19. The van der Waals surface area contributed by atoms with Crippen LogP contribution >= 0.6 is 0 Å². The van der Waals surface area contributed by atoms with Crippen LogP contribution in [0.3, 0.4) is 0 Å². The molecule has 0 aromatic heterocycles. The van der Waals surface area contributed by atoms with Gasteiger partial charge in [0, 0.05) is 20.2 Å². The number of rotatable bonds is 4. The highest BCUT2D eigenvalue weighted by Gasteiger charge is 2.31. The van der Waals surface area contributed by atoms with Crippen molar-refractivity contribution in [1.29, 1.82) is 0 Å². The summed E-state index contributed by atoms with van der Waals surface area (Å²) in [7, 11) is 1.00. The molecular formula is C14H25NO2. The summed E-state index contributed by atoms with van der Waals surface area (Å²) in [6.07, 6.45) is 9.39. The van der Waals surface area contributed by atoms with Gasteiger partial charge >= 0.3 is 0 Å². The summed E-state index contributed by atoms with van der Waals surface area (Å²) in [6.45, 7) is 11.1. The number of hydrogen-bond donors (Lipinski definition) is 1. The smallest absolute Gasteiger partial charge is 0.227 e. The fraction of sp³-hybridized carbons (Fsp3) is 0.500. The molecule has 98 valence electrons. The molecule has 0 saturated carbocycles. The van der Waals surface area contributed by atoms with Crippen LogP contribution in [0.4, 0.5) is 0 Å². The highest BCUT2D eigenvalue weighted by molar-refractivity contribution is 5.84. The molecule has 0 spiro atoms. The molecule has 1 fully saturated rings. The Kier molecular flexibility index (Phi) is 13.5. The van der Waals surface area contributed by atoms with E-state index in [2.05, 4.69) is 6.58 Å². The SMILES string of the molecule is C=C/C=C\C=C/CN1C[C@H](C)C1=O.CC.CO. The number of carbonyl (C=O) groups excluding carboxylic acids is 1. The lowest BCUT2D eigenvalue weighted by Gasteiger charge is -2.35. The maximum Gasteiger partial charge on any atom is 0.227 e. The normalized spacial score (nSPS) is 18.1. The third kappa shape index (κ3) is 7.53. The van der Waals surface area contributed by atoms with Crippen LogP contribution < -0.4 is 0 Å². The lowest BCUT2D eigenvalue weighted by molar-refractivity contribution is -0.145. The first-order chi connectivity index (χ1) is 8.25. The van der Waals surface area contributed by atoms with Crippen molar-refractivity contribution in [2.45, 2.75) is 20.8 Å². The molecule has 17 heavy (non-hydrogen) atoms. The van der Waals surface area contributed by atoms with E-state index in [1.54, 1.807) is 6.08 Å². The Hall–Kier alpha value is -1.35. The number of allylic oxidation sites excluding steroid dienone is 4. The van der Waals surface area contributed by atoms with Crippen molar-refractivity contribution in [2.75, 3.05) is 20.2 Å². The van der Waals surface area contributed by atoms with Crippen molar-refractivity contribution in [3.63, 3.8) is 0 Å². The molecule has 1 saturated heterocycles. The minimum Gasteiger partial charge on any atom is -0.400 e. The fourth-order valence-electron chi connectivity index (χ4n) is 1.27. The number of aliphatic hydroxyl groups is 1. The van der Waals surface area contributed by atoms with Crippen LogP contribution in [0.1, 0.15) is 20.8 Å². The van der Waals surface area contributed by atoms with Crippen LogP contribution in [-0.2, 0) is 4.79 Å². The zero-order valence-electron chi connectivity index (χ0n) is 11.4. The van der Waals surface area contributed by atoms with Crippen LogP contribution in [0.2, 0.25) is 0 Å². The van der Waals surface area contributed by atoms with Crippen LogP contribution in [0.25, 0.3) is 0 Å². The average Bonchev–Trinajstić information content (AvgIpc) is 2.41. The zero-order valence-corrected chi connectivity index (χ0v) is 11.4. The number of aliphatic hydroxyl groups excluding tert-OH is 1. The molecule has 3 nitrogen and oxygen atoms in total. The molecule has 0 aromatic rings. The lowest BCUT2D eigenvalue weighted by atomic mass is 10.0. The molecule has 1 N–H and O–H groups in total. The van der Waals surface area contributed by atoms with Gasteiger partial charge in [0.15, 0.2) is 0 Å². The van der Waals surface area contributed by atoms with E-state index in [-0.39, 0.29) is 11.8 Å². The summed E-state index contributed by atoms with van der Waals surface area (Å²) in [5.41, 5.74) is 0. The highest BCUT2D eigenvalue weighted by atomic mass is 16.2. The predicted octanol–water partition coefficient (Wildman–Crippen LogP) is 2.40. The van der Waals surface area contributed by atoms with Crippen molar-refractivity contribution in [1.82, 2.24) is 4.90 Å². The lowest BCUT2D eigenvalue weighted by Crippen LogP contribution is -2.50. The monoisotopic (exact) mass is 239 g/mol. The van der Waals surface area contributed by atoms with Gasteiger partial charge in [-0.3, -0.25) is 4.79 Å². The Labute approximate surface area is 105 Å². The minimum absolute atomic E-state index is 0.233. The number of β-lactam (4-membered cyclic amide) rings is 1. The van der Waals surface area contributed by atoms with Crippen molar-refractivity contribution >= 4 is 5.91 Å². The topological polar surface area (TPSA) is 40.5 Å². The van der Waals surface area contributed by atoms with E-state index in [0.717, 1.165) is 20.2 Å². The van der Waals surface area contributed by atoms with Gasteiger partial charge in [0.2, 0.25) is 5.91 Å². The summed E-state index contributed by atoms with van der Waals surface area (Å²) in [4.78, 5) is 13.0. The van der Waals surface area contributed by atoms with Crippen LogP contribution in [0.15, 0.2) is 37.0 Å².